The van der Waals surface area contributed by atoms with Crippen molar-refractivity contribution in [3.8, 4) is 11.5 Å². The molecular weight excluding hydrogens is 402 g/mol. The van der Waals surface area contributed by atoms with E-state index in [4.69, 9.17) is 15.2 Å². The van der Waals surface area contributed by atoms with Gasteiger partial charge in [0.15, 0.2) is 11.5 Å². The number of hydrogen-bond acceptors (Lipinski definition) is 5. The van der Waals surface area contributed by atoms with Crippen molar-refractivity contribution >= 4 is 23.3 Å². The molecule has 1 aromatic heterocycles. The van der Waals surface area contributed by atoms with E-state index in [0.29, 0.717) is 44.3 Å². The van der Waals surface area contributed by atoms with Crippen molar-refractivity contribution in [1.82, 2.24) is 9.80 Å². The minimum absolute atomic E-state index is 0.0560. The maximum absolute atomic E-state index is 13.0. The van der Waals surface area contributed by atoms with Crippen LogP contribution in [0.5, 0.6) is 11.5 Å². The summed E-state index contributed by atoms with van der Waals surface area (Å²) in [5, 5.41) is 2.02. The van der Waals surface area contributed by atoms with Crippen molar-refractivity contribution in [3.63, 3.8) is 0 Å². The van der Waals surface area contributed by atoms with Gasteiger partial charge in [0.05, 0.1) is 13.0 Å². The summed E-state index contributed by atoms with van der Waals surface area (Å²) >= 11 is 1.65. The Morgan fingerprint density at radius 1 is 1.30 bits per heavy atom. The average Bonchev–Trinajstić information content (AvgIpc) is 3.29. The van der Waals surface area contributed by atoms with E-state index < -0.39 is 6.03 Å². The van der Waals surface area contributed by atoms with E-state index in [0.717, 1.165) is 23.3 Å². The Morgan fingerprint density at radius 3 is 2.80 bits per heavy atom. The molecule has 2 N–H and O–H groups in total. The summed E-state index contributed by atoms with van der Waals surface area (Å²) in [5.74, 6) is 1.17. The number of urea groups is 1. The number of rotatable bonds is 8. The molecule has 1 aromatic carbocycles. The van der Waals surface area contributed by atoms with Gasteiger partial charge < -0.3 is 25.0 Å². The minimum atomic E-state index is -0.460. The Balaban J connectivity index is 1.65. The third-order valence-electron chi connectivity index (χ3n) is 5.33. The molecule has 30 heavy (non-hydrogen) atoms. The van der Waals surface area contributed by atoms with Crippen LogP contribution in [0.4, 0.5) is 4.79 Å². The number of nitrogens with two attached hydrogens (primary N) is 1. The second-order valence-electron chi connectivity index (χ2n) is 7.33. The van der Waals surface area contributed by atoms with Gasteiger partial charge >= 0.3 is 6.03 Å². The number of hydrogen-bond donors (Lipinski definition) is 1. The van der Waals surface area contributed by atoms with E-state index >= 15 is 0 Å². The Hall–Kier alpha value is -2.74. The summed E-state index contributed by atoms with van der Waals surface area (Å²) in [5.41, 5.74) is 6.37. The van der Waals surface area contributed by atoms with Crippen molar-refractivity contribution in [3.05, 3.63) is 46.2 Å². The molecule has 1 aliphatic rings. The zero-order chi connectivity index (χ0) is 21.5. The lowest BCUT2D eigenvalue weighted by Crippen LogP contribution is -2.48. The monoisotopic (exact) mass is 431 g/mol. The maximum Gasteiger partial charge on any atom is 0.314 e. The largest absolute Gasteiger partial charge is 0.493 e. The maximum atomic E-state index is 13.0. The van der Waals surface area contributed by atoms with E-state index in [9.17, 15) is 9.59 Å². The number of piperidine rings is 1. The van der Waals surface area contributed by atoms with Crippen LogP contribution in [-0.4, -0.2) is 48.5 Å². The molecule has 1 unspecified atom stereocenters. The molecule has 2 heterocycles. The first kappa shape index (κ1) is 22.0. The highest BCUT2D eigenvalue weighted by Crippen LogP contribution is 2.30. The first-order valence-electron chi connectivity index (χ1n) is 10.2. The van der Waals surface area contributed by atoms with Crippen LogP contribution in [0.1, 0.15) is 30.2 Å². The van der Waals surface area contributed by atoms with Crippen LogP contribution >= 0.6 is 11.3 Å². The summed E-state index contributed by atoms with van der Waals surface area (Å²) in [6.45, 7) is 4.53. The molecule has 8 heteroatoms. The van der Waals surface area contributed by atoms with Crippen LogP contribution in [0.25, 0.3) is 0 Å². The predicted octanol–water partition coefficient (Wildman–Crippen LogP) is 3.47. The third kappa shape index (κ3) is 5.44. The number of benzene rings is 1. The molecule has 0 aliphatic carbocycles. The van der Waals surface area contributed by atoms with Crippen LogP contribution < -0.4 is 15.2 Å². The van der Waals surface area contributed by atoms with Crippen molar-refractivity contribution in [1.29, 1.82) is 0 Å². The molecule has 1 saturated heterocycles. The summed E-state index contributed by atoms with van der Waals surface area (Å²) in [4.78, 5) is 29.0. The molecule has 0 radical (unpaired) electrons. The van der Waals surface area contributed by atoms with Gasteiger partial charge in [-0.2, -0.15) is 0 Å². The van der Waals surface area contributed by atoms with E-state index in [1.165, 1.54) is 0 Å². The van der Waals surface area contributed by atoms with Gasteiger partial charge in [-0.1, -0.05) is 12.1 Å². The minimum Gasteiger partial charge on any atom is -0.493 e. The zero-order valence-corrected chi connectivity index (χ0v) is 18.3. The highest BCUT2D eigenvalue weighted by molar-refractivity contribution is 7.09. The SMILES string of the molecule is CCN(Cc1ccc(OCc2cccs2)c(OC)c1)C(=O)C1CCCN(C(N)=O)C1. The Labute approximate surface area is 181 Å². The molecule has 1 aliphatic heterocycles. The van der Waals surface area contributed by atoms with Gasteiger partial charge in [-0.15, -0.1) is 11.3 Å². The lowest BCUT2D eigenvalue weighted by molar-refractivity contribution is -0.137. The molecule has 0 spiro atoms. The van der Waals surface area contributed by atoms with Crippen molar-refractivity contribution in [2.45, 2.75) is 32.9 Å². The van der Waals surface area contributed by atoms with E-state index in [1.54, 1.807) is 23.3 Å². The lowest BCUT2D eigenvalue weighted by atomic mass is 9.96. The molecule has 2 aromatic rings. The Bertz CT molecular complexity index is 856. The summed E-state index contributed by atoms with van der Waals surface area (Å²) in [6, 6.07) is 9.32. The summed E-state index contributed by atoms with van der Waals surface area (Å²) < 4.78 is 11.4. The van der Waals surface area contributed by atoms with E-state index in [2.05, 4.69) is 0 Å². The Morgan fingerprint density at radius 2 is 2.13 bits per heavy atom. The summed E-state index contributed by atoms with van der Waals surface area (Å²) in [7, 11) is 1.61. The highest BCUT2D eigenvalue weighted by Gasteiger charge is 2.30. The molecule has 1 atom stereocenters. The molecule has 0 saturated carbocycles. The quantitative estimate of drug-likeness (QED) is 0.693. The first-order valence-corrected chi connectivity index (χ1v) is 11.0. The fraction of sp³-hybridized carbons (Fsp3) is 0.455. The fourth-order valence-corrected chi connectivity index (χ4v) is 4.29. The van der Waals surface area contributed by atoms with Crippen LogP contribution in [0, 0.1) is 5.92 Å². The van der Waals surface area contributed by atoms with Gasteiger partial charge in [-0.25, -0.2) is 4.79 Å². The Kier molecular flexibility index (Phi) is 7.57. The van der Waals surface area contributed by atoms with E-state index in [1.807, 2.05) is 47.5 Å². The average molecular weight is 432 g/mol. The number of methoxy groups -OCH3 is 1. The van der Waals surface area contributed by atoms with Crippen molar-refractivity contribution in [2.24, 2.45) is 11.7 Å². The topological polar surface area (TPSA) is 85.1 Å². The van der Waals surface area contributed by atoms with E-state index in [-0.39, 0.29) is 11.8 Å². The molecule has 3 amide bonds. The number of carbonyl (C=O) groups excluding carboxylic acids is 2. The highest BCUT2D eigenvalue weighted by atomic mass is 32.1. The number of nitrogens with zero attached hydrogens (tertiary/aromatic N) is 2. The van der Waals surface area contributed by atoms with Gasteiger partial charge in [0, 0.05) is 31.1 Å². The summed E-state index contributed by atoms with van der Waals surface area (Å²) in [6.07, 6.45) is 1.57. The molecule has 3 rings (SSSR count). The van der Waals surface area contributed by atoms with Gasteiger partial charge in [-0.05, 0) is 48.9 Å². The molecule has 162 valence electrons. The number of amides is 3. The fourth-order valence-electron chi connectivity index (χ4n) is 3.68. The number of thiophene rings is 1. The molecule has 7 nitrogen and oxygen atoms in total. The standard InChI is InChI=1S/C22H29N3O4S/c1-3-24(21(26)17-6-4-10-25(14-17)22(23)27)13-16-8-9-19(20(12-16)28-2)29-15-18-7-5-11-30-18/h5,7-9,11-12,17H,3-4,6,10,13-15H2,1-2H3,(H2,23,27). The number of primary amides is 1. The predicted molar refractivity (Wildman–Crippen MR) is 117 cm³/mol. The van der Waals surface area contributed by atoms with Crippen LogP contribution in [0.2, 0.25) is 0 Å². The smallest absolute Gasteiger partial charge is 0.314 e. The van der Waals surface area contributed by atoms with Crippen molar-refractivity contribution in [2.75, 3.05) is 26.7 Å². The zero-order valence-electron chi connectivity index (χ0n) is 17.5. The van der Waals surface area contributed by atoms with Crippen LogP contribution in [0.3, 0.4) is 0 Å². The third-order valence-corrected chi connectivity index (χ3v) is 6.18. The normalized spacial score (nSPS) is 16.2. The van der Waals surface area contributed by atoms with Crippen LogP contribution in [0.15, 0.2) is 35.7 Å². The van der Waals surface area contributed by atoms with Crippen molar-refractivity contribution < 1.29 is 19.1 Å². The van der Waals surface area contributed by atoms with Gasteiger partial charge in [0.2, 0.25) is 5.91 Å². The first-order chi connectivity index (χ1) is 14.5. The van der Waals surface area contributed by atoms with Gasteiger partial charge in [0.25, 0.3) is 0 Å². The second kappa shape index (κ2) is 10.3. The lowest BCUT2D eigenvalue weighted by Gasteiger charge is -2.34. The number of carbonyl (C=O) groups is 2. The molecular formula is C22H29N3O4S. The van der Waals surface area contributed by atoms with Gasteiger partial charge in [0.1, 0.15) is 6.61 Å². The molecule has 0 bridgehead atoms. The van der Waals surface area contributed by atoms with Gasteiger partial charge in [-0.3, -0.25) is 4.79 Å². The molecule has 1 fully saturated rings. The van der Waals surface area contributed by atoms with Crippen LogP contribution in [-0.2, 0) is 17.9 Å². The second-order valence-corrected chi connectivity index (χ2v) is 8.36. The number of likely N-dealkylation sites (tertiary alicyclic amines) is 1. The number of ether oxygens (including phenoxy) is 2.